The fourth-order valence-electron chi connectivity index (χ4n) is 4.53. The zero-order chi connectivity index (χ0) is 22.4. The van der Waals surface area contributed by atoms with E-state index in [9.17, 15) is 14.7 Å². The molecule has 1 amide bonds. The van der Waals surface area contributed by atoms with E-state index in [-0.39, 0.29) is 17.4 Å². The molecule has 164 valence electrons. The fourth-order valence-corrected chi connectivity index (χ4v) is 4.91. The Bertz CT molecular complexity index is 1250. The van der Waals surface area contributed by atoms with Crippen LogP contribution in [0.25, 0.3) is 11.0 Å². The maximum Gasteiger partial charge on any atom is 0.290 e. The molecule has 0 aliphatic carbocycles. The molecule has 0 spiro atoms. The van der Waals surface area contributed by atoms with Crippen LogP contribution < -0.4 is 0 Å². The Morgan fingerprint density at radius 1 is 1.22 bits per heavy atom. The molecule has 1 saturated heterocycles. The summed E-state index contributed by atoms with van der Waals surface area (Å²) in [6.45, 7) is 2.92. The average Bonchev–Trinajstić information content (AvgIpc) is 3.48. The summed E-state index contributed by atoms with van der Waals surface area (Å²) in [7, 11) is 0. The molecule has 0 radical (unpaired) electrons. The Morgan fingerprint density at radius 2 is 2.06 bits per heavy atom. The molecule has 1 aromatic heterocycles. The van der Waals surface area contributed by atoms with Gasteiger partial charge in [0.1, 0.15) is 5.58 Å². The predicted molar refractivity (Wildman–Crippen MR) is 123 cm³/mol. The second kappa shape index (κ2) is 8.22. The summed E-state index contributed by atoms with van der Waals surface area (Å²) in [5, 5.41) is 11.6. The van der Waals surface area contributed by atoms with Crippen molar-refractivity contribution in [1.82, 2.24) is 4.90 Å². The lowest BCUT2D eigenvalue weighted by atomic mass is 9.94. The van der Waals surface area contributed by atoms with E-state index in [0.717, 1.165) is 33.8 Å². The SMILES string of the molecule is Cc1cccc(C2C(C(=O)c3cc4cc(Br)ccc4o3)=C(O)C(=O)N2CC2CCCO2)c1. The third-order valence-electron chi connectivity index (χ3n) is 6.03. The summed E-state index contributed by atoms with van der Waals surface area (Å²) < 4.78 is 12.4. The van der Waals surface area contributed by atoms with E-state index < -0.39 is 23.5 Å². The summed E-state index contributed by atoms with van der Waals surface area (Å²) in [6, 6.07) is 14.0. The molecule has 5 rings (SSSR count). The van der Waals surface area contributed by atoms with Crippen LogP contribution in [0, 0.1) is 6.92 Å². The standard InChI is InChI=1S/C25H22BrNO5/c1-14-4-2-5-15(10-14)22-21(24(29)25(30)27(22)13-18-6-3-9-31-18)23(28)20-12-16-11-17(26)7-8-19(16)32-20/h2,4-5,7-8,10-12,18,22,29H,3,6,9,13H2,1H3. The summed E-state index contributed by atoms with van der Waals surface area (Å²) in [5.74, 6) is -1.50. The molecular formula is C25H22BrNO5. The van der Waals surface area contributed by atoms with Gasteiger partial charge in [-0.3, -0.25) is 9.59 Å². The van der Waals surface area contributed by atoms with Crippen LogP contribution in [-0.2, 0) is 9.53 Å². The van der Waals surface area contributed by atoms with Gasteiger partial charge in [-0.15, -0.1) is 0 Å². The highest BCUT2D eigenvalue weighted by atomic mass is 79.9. The summed E-state index contributed by atoms with van der Waals surface area (Å²) >= 11 is 3.42. The number of halogens is 1. The number of Topliss-reactive ketones (excluding diaryl/α,β-unsaturated/α-hetero) is 1. The lowest BCUT2D eigenvalue weighted by Gasteiger charge is -2.29. The Hall–Kier alpha value is -2.90. The Kier molecular flexibility index (Phi) is 5.39. The quantitative estimate of drug-likeness (QED) is 0.488. The largest absolute Gasteiger partial charge is 0.503 e. The van der Waals surface area contributed by atoms with Crippen LogP contribution in [-0.4, -0.2) is 41.0 Å². The van der Waals surface area contributed by atoms with Crippen molar-refractivity contribution < 1.29 is 23.8 Å². The number of hydrogen-bond acceptors (Lipinski definition) is 5. The molecular weight excluding hydrogens is 474 g/mol. The van der Waals surface area contributed by atoms with Crippen molar-refractivity contribution in [2.24, 2.45) is 0 Å². The minimum Gasteiger partial charge on any atom is -0.503 e. The normalized spacial score (nSPS) is 21.2. The molecule has 6 nitrogen and oxygen atoms in total. The van der Waals surface area contributed by atoms with Crippen LogP contribution in [0.5, 0.6) is 0 Å². The molecule has 2 unspecified atom stereocenters. The first-order chi connectivity index (χ1) is 15.4. The van der Waals surface area contributed by atoms with Crippen molar-refractivity contribution in [3.8, 4) is 0 Å². The predicted octanol–water partition coefficient (Wildman–Crippen LogP) is 5.26. The van der Waals surface area contributed by atoms with Crippen molar-refractivity contribution in [3.63, 3.8) is 0 Å². The van der Waals surface area contributed by atoms with Crippen molar-refractivity contribution in [2.75, 3.05) is 13.2 Å². The molecule has 3 aromatic rings. The van der Waals surface area contributed by atoms with E-state index in [1.54, 1.807) is 17.0 Å². The van der Waals surface area contributed by atoms with Crippen molar-refractivity contribution >= 4 is 38.6 Å². The van der Waals surface area contributed by atoms with E-state index >= 15 is 0 Å². The highest BCUT2D eigenvalue weighted by Gasteiger charge is 2.45. The van der Waals surface area contributed by atoms with Gasteiger partial charge in [-0.25, -0.2) is 0 Å². The smallest absolute Gasteiger partial charge is 0.290 e. The molecule has 2 aliphatic heterocycles. The van der Waals surface area contributed by atoms with Crippen LogP contribution in [0.15, 0.2) is 68.8 Å². The monoisotopic (exact) mass is 495 g/mol. The Labute approximate surface area is 193 Å². The number of ketones is 1. The minimum absolute atomic E-state index is 0.0386. The highest BCUT2D eigenvalue weighted by molar-refractivity contribution is 9.10. The van der Waals surface area contributed by atoms with Crippen LogP contribution >= 0.6 is 15.9 Å². The minimum atomic E-state index is -0.709. The molecule has 0 saturated carbocycles. The molecule has 2 aromatic carbocycles. The van der Waals surface area contributed by atoms with Gasteiger partial charge in [0.25, 0.3) is 5.91 Å². The number of aryl methyl sites for hydroxylation is 1. The number of nitrogens with zero attached hydrogens (tertiary/aromatic N) is 1. The van der Waals surface area contributed by atoms with E-state index in [1.165, 1.54) is 0 Å². The number of amides is 1. The van der Waals surface area contributed by atoms with Crippen molar-refractivity contribution in [2.45, 2.75) is 31.9 Å². The van der Waals surface area contributed by atoms with Crippen molar-refractivity contribution in [1.29, 1.82) is 0 Å². The van der Waals surface area contributed by atoms with Gasteiger partial charge in [-0.05, 0) is 49.6 Å². The van der Waals surface area contributed by atoms with Crippen LogP contribution in [0.1, 0.15) is 40.6 Å². The molecule has 2 atom stereocenters. The van der Waals surface area contributed by atoms with Gasteiger partial charge in [0.15, 0.2) is 11.5 Å². The number of carbonyl (C=O) groups is 2. The van der Waals surface area contributed by atoms with Crippen LogP contribution in [0.2, 0.25) is 0 Å². The zero-order valence-electron chi connectivity index (χ0n) is 17.5. The molecule has 0 bridgehead atoms. The number of carbonyl (C=O) groups excluding carboxylic acids is 2. The average molecular weight is 496 g/mol. The number of aliphatic hydroxyl groups excluding tert-OH is 1. The van der Waals surface area contributed by atoms with Gasteiger partial charge >= 0.3 is 0 Å². The number of ether oxygens (including phenoxy) is 1. The molecule has 1 N–H and O–H groups in total. The van der Waals surface area contributed by atoms with Crippen LogP contribution in [0.3, 0.4) is 0 Å². The van der Waals surface area contributed by atoms with E-state index in [2.05, 4.69) is 15.9 Å². The zero-order valence-corrected chi connectivity index (χ0v) is 19.1. The first kappa shape index (κ1) is 21.0. The van der Waals surface area contributed by atoms with Gasteiger partial charge < -0.3 is 19.2 Å². The van der Waals surface area contributed by atoms with Gasteiger partial charge in [-0.1, -0.05) is 45.8 Å². The molecule has 1 fully saturated rings. The fraction of sp³-hybridized carbons (Fsp3) is 0.280. The maximum atomic E-state index is 13.6. The van der Waals surface area contributed by atoms with Gasteiger partial charge in [0.05, 0.1) is 17.7 Å². The van der Waals surface area contributed by atoms with E-state index in [0.29, 0.717) is 18.7 Å². The summed E-state index contributed by atoms with van der Waals surface area (Å²) in [4.78, 5) is 28.2. The van der Waals surface area contributed by atoms with Gasteiger partial charge in [0.2, 0.25) is 5.78 Å². The second-order valence-electron chi connectivity index (χ2n) is 8.29. The summed E-state index contributed by atoms with van der Waals surface area (Å²) in [5.41, 5.74) is 2.36. The number of furan rings is 1. The van der Waals surface area contributed by atoms with Crippen molar-refractivity contribution in [3.05, 3.63) is 81.2 Å². The Balaban J connectivity index is 1.58. The highest BCUT2D eigenvalue weighted by Crippen LogP contribution is 2.40. The third-order valence-corrected chi connectivity index (χ3v) is 6.53. The van der Waals surface area contributed by atoms with Crippen LogP contribution in [0.4, 0.5) is 0 Å². The first-order valence-corrected chi connectivity index (χ1v) is 11.4. The van der Waals surface area contributed by atoms with E-state index in [4.69, 9.17) is 9.15 Å². The molecule has 7 heteroatoms. The number of benzene rings is 2. The lowest BCUT2D eigenvalue weighted by Crippen LogP contribution is -2.37. The molecule has 32 heavy (non-hydrogen) atoms. The number of rotatable bonds is 5. The number of fused-ring (bicyclic) bond motifs is 1. The summed E-state index contributed by atoms with van der Waals surface area (Å²) in [6.07, 6.45) is 1.66. The maximum absolute atomic E-state index is 13.6. The molecule has 3 heterocycles. The number of hydrogen-bond donors (Lipinski definition) is 1. The first-order valence-electron chi connectivity index (χ1n) is 10.6. The second-order valence-corrected chi connectivity index (χ2v) is 9.21. The van der Waals surface area contributed by atoms with Gasteiger partial charge in [-0.2, -0.15) is 0 Å². The molecule has 2 aliphatic rings. The number of aliphatic hydroxyl groups is 1. The lowest BCUT2D eigenvalue weighted by molar-refractivity contribution is -0.131. The van der Waals surface area contributed by atoms with Gasteiger partial charge in [0, 0.05) is 23.0 Å². The Morgan fingerprint density at radius 3 is 2.81 bits per heavy atom. The topological polar surface area (TPSA) is 80.0 Å². The third kappa shape index (κ3) is 3.65. The van der Waals surface area contributed by atoms with E-state index in [1.807, 2.05) is 43.3 Å².